The van der Waals surface area contributed by atoms with Gasteiger partial charge in [0.05, 0.1) is 16.4 Å². The molecule has 0 saturated heterocycles. The number of nitrogens with zero attached hydrogens (tertiary/aromatic N) is 2. The van der Waals surface area contributed by atoms with E-state index < -0.39 is 0 Å². The standard InChI is InChI=1S/C16H22ClN3O/c1-5-13(18-3)12-8-6-7-9-15(12)21-10-14-16(17)11(2)19-20(14)4/h6-9,13,18H,5,10H2,1-4H3. The quantitative estimate of drug-likeness (QED) is 0.885. The Hall–Kier alpha value is -1.52. The first kappa shape index (κ1) is 15.9. The maximum absolute atomic E-state index is 6.26. The molecule has 0 radical (unpaired) electrons. The molecule has 2 rings (SSSR count). The third kappa shape index (κ3) is 3.39. The topological polar surface area (TPSA) is 39.1 Å². The Morgan fingerprint density at radius 2 is 2.10 bits per heavy atom. The molecule has 1 unspecified atom stereocenters. The van der Waals surface area contributed by atoms with Gasteiger partial charge in [-0.25, -0.2) is 0 Å². The Bertz CT molecular complexity index is 606. The summed E-state index contributed by atoms with van der Waals surface area (Å²) in [6.45, 7) is 4.46. The Balaban J connectivity index is 2.20. The molecule has 1 atom stereocenters. The molecule has 5 heteroatoms. The van der Waals surface area contributed by atoms with Gasteiger partial charge in [0.1, 0.15) is 12.4 Å². The molecule has 0 amide bonds. The molecule has 2 aromatic rings. The summed E-state index contributed by atoms with van der Waals surface area (Å²) in [4.78, 5) is 0. The highest BCUT2D eigenvalue weighted by atomic mass is 35.5. The fraction of sp³-hybridized carbons (Fsp3) is 0.438. The normalized spacial score (nSPS) is 12.4. The van der Waals surface area contributed by atoms with Crippen molar-refractivity contribution in [3.63, 3.8) is 0 Å². The second kappa shape index (κ2) is 6.96. The molecule has 1 N–H and O–H groups in total. The Morgan fingerprint density at radius 1 is 1.38 bits per heavy atom. The number of aromatic nitrogens is 2. The van der Waals surface area contributed by atoms with E-state index in [1.54, 1.807) is 4.68 Å². The lowest BCUT2D eigenvalue weighted by Crippen LogP contribution is -2.16. The number of benzene rings is 1. The monoisotopic (exact) mass is 307 g/mol. The summed E-state index contributed by atoms with van der Waals surface area (Å²) in [6, 6.07) is 8.38. The summed E-state index contributed by atoms with van der Waals surface area (Å²) in [5.41, 5.74) is 2.88. The van der Waals surface area contributed by atoms with Gasteiger partial charge in [-0.1, -0.05) is 36.7 Å². The van der Waals surface area contributed by atoms with Crippen molar-refractivity contribution in [3.05, 3.63) is 46.2 Å². The molecule has 0 spiro atoms. The van der Waals surface area contributed by atoms with E-state index in [0.29, 0.717) is 11.6 Å². The zero-order valence-corrected chi connectivity index (χ0v) is 13.7. The van der Waals surface area contributed by atoms with Crippen LogP contribution in [-0.4, -0.2) is 16.8 Å². The van der Waals surface area contributed by atoms with Gasteiger partial charge in [-0.05, 0) is 26.5 Å². The molecule has 1 aromatic carbocycles. The highest BCUT2D eigenvalue weighted by Crippen LogP contribution is 2.28. The number of ether oxygens (including phenoxy) is 1. The summed E-state index contributed by atoms with van der Waals surface area (Å²) in [6.07, 6.45) is 1.00. The lowest BCUT2D eigenvalue weighted by molar-refractivity contribution is 0.288. The second-order valence-electron chi connectivity index (χ2n) is 5.05. The fourth-order valence-electron chi connectivity index (χ4n) is 2.46. The van der Waals surface area contributed by atoms with E-state index in [9.17, 15) is 0 Å². The zero-order valence-electron chi connectivity index (χ0n) is 13.0. The second-order valence-corrected chi connectivity index (χ2v) is 5.42. The number of rotatable bonds is 6. The van der Waals surface area contributed by atoms with Crippen LogP contribution in [0.3, 0.4) is 0 Å². The van der Waals surface area contributed by atoms with E-state index in [1.807, 2.05) is 39.2 Å². The molecule has 0 aliphatic rings. The van der Waals surface area contributed by atoms with Crippen LogP contribution in [0.5, 0.6) is 5.75 Å². The van der Waals surface area contributed by atoms with Crippen molar-refractivity contribution < 1.29 is 4.74 Å². The first-order valence-electron chi connectivity index (χ1n) is 7.15. The number of nitrogens with one attached hydrogen (secondary N) is 1. The maximum Gasteiger partial charge on any atom is 0.131 e. The summed E-state index contributed by atoms with van der Waals surface area (Å²) >= 11 is 6.26. The minimum Gasteiger partial charge on any atom is -0.487 e. The lowest BCUT2D eigenvalue weighted by atomic mass is 10.0. The third-order valence-electron chi connectivity index (χ3n) is 3.68. The van der Waals surface area contributed by atoms with E-state index in [-0.39, 0.29) is 6.04 Å². The van der Waals surface area contributed by atoms with Crippen molar-refractivity contribution in [2.24, 2.45) is 7.05 Å². The first-order valence-corrected chi connectivity index (χ1v) is 7.53. The van der Waals surface area contributed by atoms with Crippen LogP contribution in [0.1, 0.15) is 36.3 Å². The summed E-state index contributed by atoms with van der Waals surface area (Å²) in [7, 11) is 3.85. The van der Waals surface area contributed by atoms with Gasteiger partial charge in [-0.3, -0.25) is 4.68 Å². The van der Waals surface area contributed by atoms with Crippen molar-refractivity contribution in [2.75, 3.05) is 7.05 Å². The molecule has 0 fully saturated rings. The van der Waals surface area contributed by atoms with E-state index in [4.69, 9.17) is 16.3 Å². The van der Waals surface area contributed by atoms with E-state index in [1.165, 1.54) is 0 Å². The molecule has 1 aromatic heterocycles. The van der Waals surface area contributed by atoms with Crippen molar-refractivity contribution >= 4 is 11.6 Å². The number of aryl methyl sites for hydroxylation is 2. The van der Waals surface area contributed by atoms with Gasteiger partial charge in [0.15, 0.2) is 0 Å². The van der Waals surface area contributed by atoms with Gasteiger partial charge in [-0.2, -0.15) is 5.10 Å². The van der Waals surface area contributed by atoms with Gasteiger partial charge >= 0.3 is 0 Å². The smallest absolute Gasteiger partial charge is 0.131 e. The van der Waals surface area contributed by atoms with Gasteiger partial charge < -0.3 is 10.1 Å². The molecule has 0 saturated carbocycles. The zero-order chi connectivity index (χ0) is 15.4. The number of para-hydroxylation sites is 1. The molecule has 1 heterocycles. The Labute approximate surface area is 131 Å². The van der Waals surface area contributed by atoms with Gasteiger partial charge in [0, 0.05) is 18.7 Å². The molecular weight excluding hydrogens is 286 g/mol. The van der Waals surface area contributed by atoms with Crippen LogP contribution in [0, 0.1) is 6.92 Å². The van der Waals surface area contributed by atoms with Crippen LogP contribution in [0.25, 0.3) is 0 Å². The largest absolute Gasteiger partial charge is 0.487 e. The highest BCUT2D eigenvalue weighted by Gasteiger charge is 2.15. The van der Waals surface area contributed by atoms with Crippen molar-refractivity contribution in [3.8, 4) is 5.75 Å². The lowest BCUT2D eigenvalue weighted by Gasteiger charge is -2.18. The molecule has 0 aliphatic carbocycles. The van der Waals surface area contributed by atoms with Crippen molar-refractivity contribution in [1.82, 2.24) is 15.1 Å². The molecule has 0 aliphatic heterocycles. The predicted molar refractivity (Wildman–Crippen MR) is 85.8 cm³/mol. The molecular formula is C16H22ClN3O. The minimum absolute atomic E-state index is 0.282. The summed E-state index contributed by atoms with van der Waals surface area (Å²) in [5, 5.41) is 8.29. The molecule has 4 nitrogen and oxygen atoms in total. The number of halogens is 1. The van der Waals surface area contributed by atoms with E-state index in [2.05, 4.69) is 23.4 Å². The van der Waals surface area contributed by atoms with E-state index in [0.717, 1.165) is 29.1 Å². The predicted octanol–water partition coefficient (Wildman–Crippen LogP) is 3.63. The van der Waals surface area contributed by atoms with Gasteiger partial charge in [-0.15, -0.1) is 0 Å². The van der Waals surface area contributed by atoms with E-state index >= 15 is 0 Å². The van der Waals surface area contributed by atoms with Crippen LogP contribution < -0.4 is 10.1 Å². The Morgan fingerprint density at radius 3 is 2.67 bits per heavy atom. The van der Waals surface area contributed by atoms with Crippen molar-refractivity contribution in [2.45, 2.75) is 32.9 Å². The summed E-state index contributed by atoms with van der Waals surface area (Å²) in [5.74, 6) is 0.883. The average Bonchev–Trinajstić information content (AvgIpc) is 2.73. The van der Waals surface area contributed by atoms with Gasteiger partial charge in [0.2, 0.25) is 0 Å². The molecule has 114 valence electrons. The van der Waals surface area contributed by atoms with Crippen LogP contribution >= 0.6 is 11.6 Å². The minimum atomic E-state index is 0.282. The molecule has 21 heavy (non-hydrogen) atoms. The highest BCUT2D eigenvalue weighted by molar-refractivity contribution is 6.31. The maximum atomic E-state index is 6.26. The van der Waals surface area contributed by atoms with Crippen LogP contribution in [0.15, 0.2) is 24.3 Å². The summed E-state index contributed by atoms with van der Waals surface area (Å²) < 4.78 is 7.77. The van der Waals surface area contributed by atoms with Crippen LogP contribution in [0.2, 0.25) is 5.02 Å². The van der Waals surface area contributed by atoms with Crippen molar-refractivity contribution in [1.29, 1.82) is 0 Å². The van der Waals surface area contributed by atoms with Crippen LogP contribution in [-0.2, 0) is 13.7 Å². The Kier molecular flexibility index (Phi) is 5.26. The average molecular weight is 308 g/mol. The SMILES string of the molecule is CCC(NC)c1ccccc1OCc1c(Cl)c(C)nn1C. The van der Waals surface area contributed by atoms with Crippen LogP contribution in [0.4, 0.5) is 0 Å². The molecule has 0 bridgehead atoms. The fourth-order valence-corrected chi connectivity index (χ4v) is 2.68. The number of hydrogen-bond acceptors (Lipinski definition) is 3. The number of hydrogen-bond donors (Lipinski definition) is 1. The third-order valence-corrected chi connectivity index (χ3v) is 4.17. The first-order chi connectivity index (χ1) is 10.1. The van der Waals surface area contributed by atoms with Gasteiger partial charge in [0.25, 0.3) is 0 Å².